The minimum atomic E-state index is -1.05. The van der Waals surface area contributed by atoms with E-state index in [0.29, 0.717) is 11.6 Å². The molecule has 2 N–H and O–H groups in total. The molecule has 0 aliphatic heterocycles. The summed E-state index contributed by atoms with van der Waals surface area (Å²) in [6.07, 6.45) is 0. The van der Waals surface area contributed by atoms with Gasteiger partial charge in [0, 0.05) is 17.8 Å². The zero-order chi connectivity index (χ0) is 13.7. The van der Waals surface area contributed by atoms with Gasteiger partial charge < -0.3 is 10.2 Å². The monoisotopic (exact) mass is 272 g/mol. The van der Waals surface area contributed by atoms with Gasteiger partial charge in [-0.15, -0.1) is 11.3 Å². The molecule has 0 atom stereocenters. The largest absolute Gasteiger partial charge is 0.480 e. The molecule has 1 aromatic rings. The van der Waals surface area contributed by atoms with E-state index in [9.17, 15) is 9.59 Å². The lowest BCUT2D eigenvalue weighted by molar-refractivity contribution is -0.142. The van der Waals surface area contributed by atoms with Crippen molar-refractivity contribution in [2.45, 2.75) is 26.3 Å². The number of carbonyl (C=O) groups is 2. The normalized spacial score (nSPS) is 11.1. The van der Waals surface area contributed by atoms with Crippen LogP contribution in [-0.4, -0.2) is 45.1 Å². The summed E-state index contributed by atoms with van der Waals surface area (Å²) in [6, 6.07) is 0. The van der Waals surface area contributed by atoms with Gasteiger partial charge in [-0.25, -0.2) is 4.98 Å². The van der Waals surface area contributed by atoms with Crippen molar-refractivity contribution in [3.8, 4) is 0 Å². The van der Waals surface area contributed by atoms with E-state index in [1.165, 1.54) is 16.2 Å². The molecule has 18 heavy (non-hydrogen) atoms. The fourth-order valence-corrected chi connectivity index (χ4v) is 2.27. The van der Waals surface area contributed by atoms with Crippen molar-refractivity contribution in [1.82, 2.24) is 9.88 Å². The van der Waals surface area contributed by atoms with Crippen molar-refractivity contribution >= 4 is 23.3 Å². The summed E-state index contributed by atoms with van der Waals surface area (Å²) in [4.78, 5) is 27.0. The lowest BCUT2D eigenvalue weighted by Gasteiger charge is -2.16. The molecule has 0 radical (unpaired) electrons. The van der Waals surface area contributed by atoms with Gasteiger partial charge in [0.2, 0.25) is 0 Å². The number of carboxylic acid groups (broad SMARTS) is 2. The molecule has 7 heteroatoms. The van der Waals surface area contributed by atoms with Gasteiger partial charge in [-0.3, -0.25) is 14.5 Å². The topological polar surface area (TPSA) is 90.7 Å². The molecule has 0 unspecified atom stereocenters. The number of hydrogen-bond donors (Lipinski definition) is 2. The maximum absolute atomic E-state index is 10.6. The third-order valence-electron chi connectivity index (χ3n) is 2.17. The molecule has 0 bridgehead atoms. The van der Waals surface area contributed by atoms with E-state index in [1.54, 1.807) is 0 Å². The van der Waals surface area contributed by atoms with Crippen LogP contribution in [0, 0.1) is 0 Å². The number of aromatic nitrogens is 1. The number of hydrogen-bond acceptors (Lipinski definition) is 5. The SMILES string of the molecule is CC(C)c1nc(CN(CC(=O)O)CC(=O)O)cs1. The van der Waals surface area contributed by atoms with E-state index >= 15 is 0 Å². The Morgan fingerprint density at radius 1 is 1.33 bits per heavy atom. The molecule has 100 valence electrons. The number of nitrogens with zero attached hydrogens (tertiary/aromatic N) is 2. The van der Waals surface area contributed by atoms with Crippen LogP contribution in [0.3, 0.4) is 0 Å². The van der Waals surface area contributed by atoms with Crippen LogP contribution < -0.4 is 0 Å². The molecule has 0 spiro atoms. The summed E-state index contributed by atoms with van der Waals surface area (Å²) < 4.78 is 0. The van der Waals surface area contributed by atoms with E-state index in [0.717, 1.165) is 5.01 Å². The summed E-state index contributed by atoms with van der Waals surface area (Å²) in [5, 5.41) is 20.2. The van der Waals surface area contributed by atoms with Gasteiger partial charge in [0.1, 0.15) is 0 Å². The van der Waals surface area contributed by atoms with Crippen LogP contribution in [-0.2, 0) is 16.1 Å². The first-order chi connectivity index (χ1) is 8.38. The summed E-state index contributed by atoms with van der Waals surface area (Å²) in [6.45, 7) is 3.67. The Hall–Kier alpha value is -1.47. The quantitative estimate of drug-likeness (QED) is 0.776. The summed E-state index contributed by atoms with van der Waals surface area (Å²) in [7, 11) is 0. The predicted molar refractivity (Wildman–Crippen MR) is 66.8 cm³/mol. The number of carboxylic acids is 2. The highest BCUT2D eigenvalue weighted by atomic mass is 32.1. The van der Waals surface area contributed by atoms with Crippen molar-refractivity contribution in [3.63, 3.8) is 0 Å². The first-order valence-corrected chi connectivity index (χ1v) is 6.36. The summed E-state index contributed by atoms with van der Waals surface area (Å²) in [5.41, 5.74) is 0.714. The van der Waals surface area contributed by atoms with Gasteiger partial charge in [0.05, 0.1) is 23.8 Å². The molecule has 0 aromatic carbocycles. The lowest BCUT2D eigenvalue weighted by atomic mass is 10.2. The van der Waals surface area contributed by atoms with Crippen LogP contribution in [0.15, 0.2) is 5.38 Å². The van der Waals surface area contributed by atoms with E-state index in [4.69, 9.17) is 10.2 Å². The highest BCUT2D eigenvalue weighted by molar-refractivity contribution is 7.09. The third-order valence-corrected chi connectivity index (χ3v) is 3.36. The summed E-state index contributed by atoms with van der Waals surface area (Å²) >= 11 is 1.50. The smallest absolute Gasteiger partial charge is 0.317 e. The van der Waals surface area contributed by atoms with Crippen LogP contribution >= 0.6 is 11.3 Å². The summed E-state index contributed by atoms with van der Waals surface area (Å²) in [5.74, 6) is -1.78. The average Bonchev–Trinajstić information content (AvgIpc) is 2.63. The van der Waals surface area contributed by atoms with Crippen molar-refractivity contribution in [2.75, 3.05) is 13.1 Å². The maximum atomic E-state index is 10.6. The van der Waals surface area contributed by atoms with Crippen LogP contribution in [0.5, 0.6) is 0 Å². The molecular formula is C11H16N2O4S. The second-order valence-electron chi connectivity index (χ2n) is 4.26. The lowest BCUT2D eigenvalue weighted by Crippen LogP contribution is -2.34. The van der Waals surface area contributed by atoms with Gasteiger partial charge in [0.15, 0.2) is 0 Å². The Balaban J connectivity index is 2.68. The number of aliphatic carboxylic acids is 2. The van der Waals surface area contributed by atoms with E-state index < -0.39 is 11.9 Å². The Labute approximate surface area is 109 Å². The van der Waals surface area contributed by atoms with Gasteiger partial charge >= 0.3 is 11.9 Å². The Morgan fingerprint density at radius 2 is 1.89 bits per heavy atom. The number of rotatable bonds is 7. The van der Waals surface area contributed by atoms with Gasteiger partial charge in [-0.1, -0.05) is 13.8 Å². The van der Waals surface area contributed by atoms with Crippen LogP contribution in [0.1, 0.15) is 30.5 Å². The van der Waals surface area contributed by atoms with E-state index in [1.807, 2.05) is 19.2 Å². The van der Waals surface area contributed by atoms with Gasteiger partial charge in [-0.05, 0) is 0 Å². The maximum Gasteiger partial charge on any atom is 0.317 e. The predicted octanol–water partition coefficient (Wildman–Crippen LogP) is 1.24. The number of thiazole rings is 1. The zero-order valence-corrected chi connectivity index (χ0v) is 11.1. The molecular weight excluding hydrogens is 256 g/mol. The van der Waals surface area contributed by atoms with E-state index in [2.05, 4.69) is 4.98 Å². The van der Waals surface area contributed by atoms with Crippen LogP contribution in [0.2, 0.25) is 0 Å². The minimum Gasteiger partial charge on any atom is -0.480 e. The molecule has 0 aliphatic carbocycles. The van der Waals surface area contributed by atoms with Crippen molar-refractivity contribution < 1.29 is 19.8 Å². The molecule has 1 heterocycles. The zero-order valence-electron chi connectivity index (χ0n) is 10.3. The highest BCUT2D eigenvalue weighted by Crippen LogP contribution is 2.19. The molecule has 0 saturated heterocycles. The van der Waals surface area contributed by atoms with Gasteiger partial charge in [-0.2, -0.15) is 0 Å². The van der Waals surface area contributed by atoms with E-state index in [-0.39, 0.29) is 19.6 Å². The highest BCUT2D eigenvalue weighted by Gasteiger charge is 2.15. The standard InChI is InChI=1S/C11H16N2O4S/c1-7(2)11-12-8(6-18-11)3-13(4-9(14)15)5-10(16)17/h6-7H,3-5H2,1-2H3,(H,14,15)(H,16,17). The Kier molecular flexibility index (Phi) is 5.24. The molecule has 0 fully saturated rings. The average molecular weight is 272 g/mol. The van der Waals surface area contributed by atoms with Crippen LogP contribution in [0.25, 0.3) is 0 Å². The first kappa shape index (κ1) is 14.6. The fourth-order valence-electron chi connectivity index (χ4n) is 1.44. The second kappa shape index (κ2) is 6.46. The van der Waals surface area contributed by atoms with Crippen molar-refractivity contribution in [2.24, 2.45) is 0 Å². The molecule has 0 amide bonds. The minimum absolute atomic E-state index is 0.238. The van der Waals surface area contributed by atoms with Crippen molar-refractivity contribution in [3.05, 3.63) is 16.1 Å². The molecule has 1 aromatic heterocycles. The Morgan fingerprint density at radius 3 is 2.28 bits per heavy atom. The van der Waals surface area contributed by atoms with Crippen LogP contribution in [0.4, 0.5) is 0 Å². The van der Waals surface area contributed by atoms with Gasteiger partial charge in [0.25, 0.3) is 0 Å². The first-order valence-electron chi connectivity index (χ1n) is 5.48. The fraction of sp³-hybridized carbons (Fsp3) is 0.545. The molecule has 6 nitrogen and oxygen atoms in total. The Bertz CT molecular complexity index is 414. The second-order valence-corrected chi connectivity index (χ2v) is 5.15. The third kappa shape index (κ3) is 4.80. The molecule has 1 rings (SSSR count). The molecule has 0 saturated carbocycles. The van der Waals surface area contributed by atoms with Crippen molar-refractivity contribution in [1.29, 1.82) is 0 Å². The molecule has 0 aliphatic rings.